The molecule has 2 heterocycles. The second kappa shape index (κ2) is 7.98. The summed E-state index contributed by atoms with van der Waals surface area (Å²) < 4.78 is 37.6. The Balaban J connectivity index is 1.58. The van der Waals surface area contributed by atoms with Crippen LogP contribution in [0.25, 0.3) is 11.5 Å². The predicted molar refractivity (Wildman–Crippen MR) is 92.7 cm³/mol. The summed E-state index contributed by atoms with van der Waals surface area (Å²) in [6.45, 7) is 0.227. The maximum Gasteiger partial charge on any atom is 0.282 e. The lowest BCUT2D eigenvalue weighted by atomic mass is 10.2. The van der Waals surface area contributed by atoms with Gasteiger partial charge in [-0.05, 0) is 24.3 Å². The summed E-state index contributed by atoms with van der Waals surface area (Å²) in [7, 11) is 3.07. The van der Waals surface area contributed by atoms with Crippen molar-refractivity contribution < 1.29 is 22.7 Å². The fourth-order valence-electron chi connectivity index (χ4n) is 2.53. The van der Waals surface area contributed by atoms with Crippen LogP contribution < -0.4 is 10.1 Å². The number of methoxy groups -OCH3 is 1. The smallest absolute Gasteiger partial charge is 0.282 e. The number of carbonyl (C=O) groups is 1. The summed E-state index contributed by atoms with van der Waals surface area (Å²) in [4.78, 5) is 16.5. The van der Waals surface area contributed by atoms with Crippen molar-refractivity contribution in [3.05, 3.63) is 53.7 Å². The van der Waals surface area contributed by atoms with Crippen LogP contribution in [0, 0.1) is 0 Å². The van der Waals surface area contributed by atoms with E-state index in [1.54, 1.807) is 19.2 Å². The standard InChI is InChI=1S/C18H18F2N4O3/c1-24-9-14(15(23-24)16(19)20)17(25)21-8-7-12-10-27-18(22-12)11-3-5-13(26-2)6-4-11/h3-6,9-10,16H,7-8H2,1-2H3,(H,21,25). The number of nitrogens with zero attached hydrogens (tertiary/aromatic N) is 3. The molecule has 7 nitrogen and oxygen atoms in total. The van der Waals surface area contributed by atoms with E-state index in [1.165, 1.54) is 24.2 Å². The van der Waals surface area contributed by atoms with Gasteiger partial charge in [0.05, 0.1) is 18.4 Å². The molecule has 1 aromatic carbocycles. The Morgan fingerprint density at radius 1 is 1.33 bits per heavy atom. The number of benzene rings is 1. The van der Waals surface area contributed by atoms with Gasteiger partial charge in [0.25, 0.3) is 12.3 Å². The Labute approximate surface area is 154 Å². The van der Waals surface area contributed by atoms with Crippen molar-refractivity contribution >= 4 is 5.91 Å². The van der Waals surface area contributed by atoms with Crippen LogP contribution in [0.15, 0.2) is 41.1 Å². The van der Waals surface area contributed by atoms with Crippen LogP contribution in [0.3, 0.4) is 0 Å². The minimum atomic E-state index is -2.81. The largest absolute Gasteiger partial charge is 0.497 e. The van der Waals surface area contributed by atoms with Crippen LogP contribution in [0.1, 0.15) is 28.2 Å². The van der Waals surface area contributed by atoms with Crippen LogP contribution >= 0.6 is 0 Å². The predicted octanol–water partition coefficient (Wildman–Crippen LogP) is 2.99. The topological polar surface area (TPSA) is 82.2 Å². The van der Waals surface area contributed by atoms with Crippen molar-refractivity contribution in [3.63, 3.8) is 0 Å². The molecule has 0 saturated heterocycles. The molecule has 0 unspecified atom stereocenters. The molecule has 0 saturated carbocycles. The third-order valence-corrected chi connectivity index (χ3v) is 3.86. The first-order chi connectivity index (χ1) is 13.0. The monoisotopic (exact) mass is 376 g/mol. The van der Waals surface area contributed by atoms with E-state index in [9.17, 15) is 13.6 Å². The summed E-state index contributed by atoms with van der Waals surface area (Å²) in [6.07, 6.45) is 0.361. The van der Waals surface area contributed by atoms with E-state index in [1.807, 2.05) is 12.1 Å². The molecule has 3 rings (SSSR count). The van der Waals surface area contributed by atoms with Crippen LogP contribution in [0.4, 0.5) is 8.78 Å². The lowest BCUT2D eigenvalue weighted by molar-refractivity contribution is 0.0939. The maximum atomic E-state index is 12.9. The van der Waals surface area contributed by atoms with Crippen LogP contribution in [-0.2, 0) is 13.5 Å². The van der Waals surface area contributed by atoms with Gasteiger partial charge in [-0.2, -0.15) is 5.10 Å². The van der Waals surface area contributed by atoms with Gasteiger partial charge in [-0.25, -0.2) is 13.8 Å². The summed E-state index contributed by atoms with van der Waals surface area (Å²) >= 11 is 0. The van der Waals surface area contributed by atoms with E-state index in [4.69, 9.17) is 9.15 Å². The summed E-state index contributed by atoms with van der Waals surface area (Å²) in [6, 6.07) is 7.25. The van der Waals surface area contributed by atoms with E-state index in [2.05, 4.69) is 15.4 Å². The van der Waals surface area contributed by atoms with Gasteiger partial charge >= 0.3 is 0 Å². The van der Waals surface area contributed by atoms with Gasteiger partial charge in [-0.15, -0.1) is 0 Å². The van der Waals surface area contributed by atoms with E-state index in [-0.39, 0.29) is 12.1 Å². The average Bonchev–Trinajstić information content (AvgIpc) is 3.28. The van der Waals surface area contributed by atoms with Crippen LogP contribution in [0.5, 0.6) is 5.75 Å². The van der Waals surface area contributed by atoms with Gasteiger partial charge in [-0.3, -0.25) is 9.48 Å². The number of alkyl halides is 2. The second-order valence-corrected chi connectivity index (χ2v) is 5.78. The molecular formula is C18H18F2N4O3. The number of rotatable bonds is 7. The molecule has 0 aliphatic heterocycles. The average molecular weight is 376 g/mol. The lowest BCUT2D eigenvalue weighted by Crippen LogP contribution is -2.26. The Hall–Kier alpha value is -3.23. The first-order valence-corrected chi connectivity index (χ1v) is 8.16. The van der Waals surface area contributed by atoms with Crippen LogP contribution in [-0.4, -0.2) is 34.3 Å². The molecule has 0 aliphatic rings. The molecule has 1 amide bonds. The molecule has 27 heavy (non-hydrogen) atoms. The Morgan fingerprint density at radius 3 is 2.74 bits per heavy atom. The normalized spacial score (nSPS) is 11.0. The number of amides is 1. The number of hydrogen-bond acceptors (Lipinski definition) is 5. The molecule has 0 bridgehead atoms. The van der Waals surface area contributed by atoms with E-state index in [0.29, 0.717) is 18.0 Å². The van der Waals surface area contributed by atoms with Crippen LogP contribution in [0.2, 0.25) is 0 Å². The third kappa shape index (κ3) is 4.30. The summed E-state index contributed by atoms with van der Waals surface area (Å²) in [5, 5.41) is 6.21. The van der Waals surface area contributed by atoms with Crippen molar-refractivity contribution in [2.24, 2.45) is 7.05 Å². The fourth-order valence-corrected chi connectivity index (χ4v) is 2.53. The van der Waals surface area contributed by atoms with E-state index in [0.717, 1.165) is 11.3 Å². The highest BCUT2D eigenvalue weighted by molar-refractivity contribution is 5.95. The third-order valence-electron chi connectivity index (χ3n) is 3.86. The quantitative estimate of drug-likeness (QED) is 0.686. The molecule has 142 valence electrons. The number of aromatic nitrogens is 3. The number of halogens is 2. The van der Waals surface area contributed by atoms with Crippen molar-refractivity contribution in [1.29, 1.82) is 0 Å². The van der Waals surface area contributed by atoms with Crippen molar-refractivity contribution in [2.45, 2.75) is 12.8 Å². The molecule has 2 aromatic heterocycles. The molecule has 0 radical (unpaired) electrons. The first kappa shape index (κ1) is 18.6. The SMILES string of the molecule is COc1ccc(-c2nc(CCNC(=O)c3cn(C)nc3C(F)F)co2)cc1. The summed E-state index contributed by atoms with van der Waals surface area (Å²) in [5.74, 6) is 0.579. The van der Waals surface area contributed by atoms with Crippen molar-refractivity contribution in [2.75, 3.05) is 13.7 Å². The Kier molecular flexibility index (Phi) is 5.49. The van der Waals surface area contributed by atoms with Gasteiger partial charge in [0, 0.05) is 31.8 Å². The molecule has 0 atom stereocenters. The van der Waals surface area contributed by atoms with Gasteiger partial charge in [0.2, 0.25) is 5.89 Å². The first-order valence-electron chi connectivity index (χ1n) is 8.16. The molecule has 3 aromatic rings. The highest BCUT2D eigenvalue weighted by Crippen LogP contribution is 2.22. The zero-order chi connectivity index (χ0) is 19.4. The second-order valence-electron chi connectivity index (χ2n) is 5.78. The number of hydrogen-bond donors (Lipinski definition) is 1. The number of ether oxygens (including phenoxy) is 1. The molecule has 0 fully saturated rings. The molecule has 1 N–H and O–H groups in total. The zero-order valence-corrected chi connectivity index (χ0v) is 14.8. The number of aryl methyl sites for hydroxylation is 1. The highest BCUT2D eigenvalue weighted by atomic mass is 19.3. The van der Waals surface area contributed by atoms with Gasteiger partial charge in [0.15, 0.2) is 0 Å². The number of nitrogens with one attached hydrogen (secondary N) is 1. The zero-order valence-electron chi connectivity index (χ0n) is 14.8. The molecule has 0 spiro atoms. The summed E-state index contributed by atoms with van der Waals surface area (Å²) in [5.41, 5.74) is 0.772. The number of carbonyl (C=O) groups excluding carboxylic acids is 1. The molecule has 0 aliphatic carbocycles. The van der Waals surface area contributed by atoms with Gasteiger partial charge in [0.1, 0.15) is 17.7 Å². The Bertz CT molecular complexity index is 919. The fraction of sp³-hybridized carbons (Fsp3) is 0.278. The minimum absolute atomic E-state index is 0.133. The molecule has 9 heteroatoms. The number of oxazole rings is 1. The van der Waals surface area contributed by atoms with Gasteiger partial charge in [-0.1, -0.05) is 0 Å². The van der Waals surface area contributed by atoms with Gasteiger partial charge < -0.3 is 14.5 Å². The molecular weight excluding hydrogens is 358 g/mol. The van der Waals surface area contributed by atoms with Crippen molar-refractivity contribution in [1.82, 2.24) is 20.1 Å². The minimum Gasteiger partial charge on any atom is -0.497 e. The van der Waals surface area contributed by atoms with Crippen molar-refractivity contribution in [3.8, 4) is 17.2 Å². The Morgan fingerprint density at radius 2 is 2.07 bits per heavy atom. The van der Waals surface area contributed by atoms with E-state index >= 15 is 0 Å². The lowest BCUT2D eigenvalue weighted by Gasteiger charge is -2.03. The van der Waals surface area contributed by atoms with E-state index < -0.39 is 18.0 Å². The highest BCUT2D eigenvalue weighted by Gasteiger charge is 2.22. The maximum absolute atomic E-state index is 12.9.